The average Bonchev–Trinajstić information content (AvgIpc) is 3.96. The fraction of sp³-hybridized carbons (Fsp3) is 0.138. The van der Waals surface area contributed by atoms with Crippen LogP contribution in [0.3, 0.4) is 0 Å². The summed E-state index contributed by atoms with van der Waals surface area (Å²) in [5.74, 6) is 0.976. The highest BCUT2D eigenvalue weighted by Gasteiger charge is 2.27. The van der Waals surface area contributed by atoms with E-state index in [-0.39, 0.29) is 0 Å². The average molecular weight is 877 g/mol. The number of fused-ring (bicyclic) bond motifs is 7. The van der Waals surface area contributed by atoms with Gasteiger partial charge in [0.05, 0.1) is 22.6 Å². The third kappa shape index (κ3) is 6.71. The van der Waals surface area contributed by atoms with Crippen molar-refractivity contribution >= 4 is 66.8 Å². The van der Waals surface area contributed by atoms with Crippen molar-refractivity contribution in [1.29, 1.82) is 0 Å². The lowest BCUT2D eigenvalue weighted by molar-refractivity contribution is 0.445. The fourth-order valence-electron chi connectivity index (χ4n) is 11.9. The molecular weight excluding hydrogens is 825 g/mol. The van der Waals surface area contributed by atoms with Gasteiger partial charge in [-0.3, -0.25) is 0 Å². The second-order valence-electron chi connectivity index (χ2n) is 19.0. The molecule has 13 rings (SSSR count). The van der Waals surface area contributed by atoms with Crippen molar-refractivity contribution in [3.05, 3.63) is 223 Å². The highest BCUT2D eigenvalue weighted by atomic mass is 16.3. The zero-order chi connectivity index (χ0) is 45.1. The lowest BCUT2D eigenvalue weighted by atomic mass is 9.80. The summed E-state index contributed by atoms with van der Waals surface area (Å²) in [6.07, 6.45) is 12.1. The van der Waals surface area contributed by atoms with Crippen LogP contribution in [0.1, 0.15) is 74.1 Å². The third-order valence-electron chi connectivity index (χ3n) is 15.0. The van der Waals surface area contributed by atoms with Crippen molar-refractivity contribution < 1.29 is 4.42 Å². The number of hydrogen-bond donors (Lipinski definition) is 0. The second-order valence-corrected chi connectivity index (χ2v) is 19.0. The van der Waals surface area contributed by atoms with Crippen molar-refractivity contribution in [3.8, 4) is 39.1 Å². The minimum absolute atomic E-state index is 0.416. The second kappa shape index (κ2) is 16.8. The summed E-state index contributed by atoms with van der Waals surface area (Å²) in [6, 6.07) is 74.1. The summed E-state index contributed by atoms with van der Waals surface area (Å²) in [4.78, 5) is 2.53. The van der Waals surface area contributed by atoms with E-state index in [9.17, 15) is 0 Å². The molecule has 0 N–H and O–H groups in total. The Morgan fingerprint density at radius 2 is 1.18 bits per heavy atom. The zero-order valence-electron chi connectivity index (χ0n) is 38.4. The van der Waals surface area contributed by atoms with Crippen LogP contribution >= 0.6 is 0 Å². The summed E-state index contributed by atoms with van der Waals surface area (Å²) >= 11 is 0. The Hall–Kier alpha value is -7.88. The Morgan fingerprint density at radius 3 is 2.04 bits per heavy atom. The first-order chi connectivity index (χ1) is 33.7. The van der Waals surface area contributed by atoms with E-state index in [1.54, 1.807) is 0 Å². The molecular formula is C65H52N2O. The van der Waals surface area contributed by atoms with Crippen LogP contribution in [0.5, 0.6) is 0 Å². The molecule has 3 heteroatoms. The lowest BCUT2D eigenvalue weighted by Crippen LogP contribution is -2.13. The van der Waals surface area contributed by atoms with E-state index in [4.69, 9.17) is 4.42 Å². The van der Waals surface area contributed by atoms with Crippen LogP contribution in [0.25, 0.3) is 88.8 Å². The Morgan fingerprint density at radius 1 is 0.515 bits per heavy atom. The number of hydrogen-bond acceptors (Lipinski definition) is 2. The molecule has 0 amide bonds. The monoisotopic (exact) mass is 876 g/mol. The first kappa shape index (κ1) is 40.4. The van der Waals surface area contributed by atoms with Gasteiger partial charge in [-0.05, 0) is 130 Å². The highest BCUT2D eigenvalue weighted by Crippen LogP contribution is 2.50. The summed E-state index contributed by atoms with van der Waals surface area (Å²) in [7, 11) is 0. The maximum atomic E-state index is 6.35. The number of rotatable bonds is 8. The third-order valence-corrected chi connectivity index (χ3v) is 15.0. The topological polar surface area (TPSA) is 21.3 Å². The van der Waals surface area contributed by atoms with Crippen molar-refractivity contribution in [2.24, 2.45) is 0 Å². The van der Waals surface area contributed by atoms with Gasteiger partial charge in [-0.1, -0.05) is 178 Å². The van der Waals surface area contributed by atoms with Gasteiger partial charge in [0.15, 0.2) is 0 Å². The van der Waals surface area contributed by atoms with E-state index >= 15 is 0 Å². The maximum Gasteiger partial charge on any atom is 0.135 e. The molecule has 0 saturated heterocycles. The van der Waals surface area contributed by atoms with Gasteiger partial charge in [0.25, 0.3) is 0 Å². The molecule has 1 saturated carbocycles. The van der Waals surface area contributed by atoms with Gasteiger partial charge in [-0.2, -0.15) is 0 Å². The van der Waals surface area contributed by atoms with Crippen LogP contribution in [-0.2, 0) is 0 Å². The minimum atomic E-state index is 0.416. The number of benzene rings is 9. The standard InChI is InChI=1S/C65H52N2O/c1-43-19-14-37-60-63(43)56-34-18-32-52(65(56)67(60)48-25-6-3-7-26-48)46-24-15-27-49(41-46)66(58-35-11-8-28-50(58)47-39-40-62-57(42-47)54-30-10-13-38-61(54)68-62)59-36-12-9-29-53(59)55-33-17-23-45-22-16-31-51(64(45)55)44-20-4-2-5-21-44/h3,6-18,22-44H,2,4-5,19-21H2,1H3. The number of anilines is 3. The molecule has 9 aromatic carbocycles. The van der Waals surface area contributed by atoms with Gasteiger partial charge >= 0.3 is 0 Å². The molecule has 11 aromatic rings. The molecule has 68 heavy (non-hydrogen) atoms. The largest absolute Gasteiger partial charge is 0.456 e. The molecule has 3 nitrogen and oxygen atoms in total. The smallest absolute Gasteiger partial charge is 0.135 e. The van der Waals surface area contributed by atoms with Crippen LogP contribution in [0, 0.1) is 0 Å². The molecule has 1 atom stereocenters. The molecule has 1 unspecified atom stereocenters. The highest BCUT2D eigenvalue weighted by molar-refractivity contribution is 6.08. The van der Waals surface area contributed by atoms with Crippen LogP contribution in [-0.4, -0.2) is 4.57 Å². The molecule has 2 aromatic heterocycles. The van der Waals surface area contributed by atoms with Gasteiger partial charge < -0.3 is 13.9 Å². The number of para-hydroxylation sites is 5. The molecule has 2 aliphatic rings. The van der Waals surface area contributed by atoms with Gasteiger partial charge in [0.1, 0.15) is 11.2 Å². The molecule has 0 aliphatic heterocycles. The van der Waals surface area contributed by atoms with Gasteiger partial charge in [-0.25, -0.2) is 0 Å². The van der Waals surface area contributed by atoms with Crippen molar-refractivity contribution in [1.82, 2.24) is 4.57 Å². The first-order valence-electron chi connectivity index (χ1n) is 24.6. The summed E-state index contributed by atoms with van der Waals surface area (Å²) < 4.78 is 8.85. The Balaban J connectivity index is 1.06. The van der Waals surface area contributed by atoms with E-state index in [2.05, 4.69) is 223 Å². The van der Waals surface area contributed by atoms with E-state index in [1.165, 1.54) is 98.5 Å². The normalized spacial score (nSPS) is 15.1. The zero-order valence-corrected chi connectivity index (χ0v) is 38.4. The van der Waals surface area contributed by atoms with Crippen molar-refractivity contribution in [2.75, 3.05) is 4.90 Å². The minimum Gasteiger partial charge on any atom is -0.456 e. The first-order valence-corrected chi connectivity index (χ1v) is 24.6. The Bertz CT molecular complexity index is 3730. The number of aromatic nitrogens is 1. The number of nitrogens with zero attached hydrogens (tertiary/aromatic N) is 2. The molecule has 0 spiro atoms. The van der Waals surface area contributed by atoms with Crippen LogP contribution in [0.4, 0.5) is 17.1 Å². The predicted molar refractivity (Wildman–Crippen MR) is 287 cm³/mol. The number of allylic oxidation sites excluding steroid dienone is 1. The van der Waals surface area contributed by atoms with Gasteiger partial charge in [-0.15, -0.1) is 0 Å². The van der Waals surface area contributed by atoms with Crippen molar-refractivity contribution in [3.63, 3.8) is 0 Å². The SMILES string of the molecule is CC1CC=Cc2c1c1cccc(-c3cccc(N(c4ccccc4-c4ccc5oc6ccccc6c5c4)c4ccccc4-c4cccc5cccc(C6CCCCC6)c45)c3)c1n2-c1ccccc1. The van der Waals surface area contributed by atoms with E-state index < -0.39 is 0 Å². The van der Waals surface area contributed by atoms with E-state index in [0.29, 0.717) is 11.8 Å². The molecule has 328 valence electrons. The van der Waals surface area contributed by atoms with Gasteiger partial charge in [0, 0.05) is 44.2 Å². The summed E-state index contributed by atoms with van der Waals surface area (Å²) in [5, 5.41) is 6.25. The molecule has 2 aliphatic carbocycles. The quantitative estimate of drug-likeness (QED) is 0.152. The molecule has 0 bridgehead atoms. The molecule has 1 fully saturated rings. The lowest BCUT2D eigenvalue weighted by Gasteiger charge is -2.31. The van der Waals surface area contributed by atoms with Crippen LogP contribution in [0.2, 0.25) is 0 Å². The number of furan rings is 1. The van der Waals surface area contributed by atoms with Crippen LogP contribution in [0.15, 0.2) is 211 Å². The van der Waals surface area contributed by atoms with Crippen LogP contribution < -0.4 is 4.90 Å². The summed E-state index contributed by atoms with van der Waals surface area (Å²) in [6.45, 7) is 2.37. The molecule has 2 heterocycles. The predicted octanol–water partition coefficient (Wildman–Crippen LogP) is 18.7. The Labute approximate surface area is 398 Å². The van der Waals surface area contributed by atoms with Gasteiger partial charge in [0.2, 0.25) is 0 Å². The Kier molecular flexibility index (Phi) is 9.96. The van der Waals surface area contributed by atoms with E-state index in [1.807, 2.05) is 6.07 Å². The maximum absolute atomic E-state index is 6.35. The van der Waals surface area contributed by atoms with Crippen molar-refractivity contribution in [2.45, 2.75) is 57.3 Å². The summed E-state index contributed by atoms with van der Waals surface area (Å²) in [5.41, 5.74) is 18.9. The van der Waals surface area contributed by atoms with E-state index in [0.717, 1.165) is 56.5 Å². The molecule has 0 radical (unpaired) electrons. The fourth-order valence-corrected chi connectivity index (χ4v) is 11.9.